The minimum absolute atomic E-state index is 0.128. The minimum Gasteiger partial charge on any atom is -0.388 e. The number of aliphatic imine (C=N–C) groups is 2. The lowest BCUT2D eigenvalue weighted by atomic mass is 9.83. The standard InChI is InChI=1S/C42H63N7O2/c1-10-47(11-2)39(44)46-21-15-17-30-23-32-27-49-36-19-13-12-18-35(36)48-26-31-22-29(16-14-20-45-28(3)43)24-33(40(4,5)6)37(31)50-42(48,49)51-38(32)34(25-30)41(7,8)9/h22-27,35-36H,10-21H2,1-9H3,(H2,43,45)(H2,44,46)/q+2. The van der Waals surface area contributed by atoms with Crippen molar-refractivity contribution in [2.24, 2.45) is 21.5 Å². The van der Waals surface area contributed by atoms with Crippen LogP contribution in [0.4, 0.5) is 0 Å². The molecule has 276 valence electrons. The number of guanidine groups is 1. The molecule has 4 N–H and O–H groups in total. The fourth-order valence-corrected chi connectivity index (χ4v) is 8.36. The number of rotatable bonds is 10. The SMILES string of the molecule is CCN(CC)C(N)=NCCCc1cc2c(c(C(C)(C)C)c1)OC13Oc4c(cc(CCCN=C(C)N)cc4C(C)(C)C)C=[N+]1C1CCCCC1[N+]3=C2. The molecule has 51 heavy (non-hydrogen) atoms. The zero-order valence-electron chi connectivity index (χ0n) is 32.8. The summed E-state index contributed by atoms with van der Waals surface area (Å²) in [6.07, 6.45) is 13.1. The van der Waals surface area contributed by atoms with Crippen LogP contribution in [-0.4, -0.2) is 82.6 Å². The van der Waals surface area contributed by atoms with E-state index in [1.54, 1.807) is 0 Å². The molecule has 3 atom stereocenters. The van der Waals surface area contributed by atoms with Crippen molar-refractivity contribution in [1.29, 1.82) is 0 Å². The van der Waals surface area contributed by atoms with Gasteiger partial charge in [-0.25, -0.2) is 0 Å². The van der Waals surface area contributed by atoms with Gasteiger partial charge in [-0.1, -0.05) is 62.8 Å². The first-order chi connectivity index (χ1) is 24.2. The van der Waals surface area contributed by atoms with E-state index in [2.05, 4.69) is 111 Å². The third-order valence-electron chi connectivity index (χ3n) is 11.0. The summed E-state index contributed by atoms with van der Waals surface area (Å²) in [6.45, 7) is 22.9. The van der Waals surface area contributed by atoms with Crippen LogP contribution >= 0.6 is 0 Å². The largest absolute Gasteiger partial charge is 0.704 e. The summed E-state index contributed by atoms with van der Waals surface area (Å²) >= 11 is 0. The van der Waals surface area contributed by atoms with E-state index in [1.165, 1.54) is 35.1 Å². The molecule has 2 aromatic carbocycles. The average Bonchev–Trinajstić information content (AvgIpc) is 3.34. The van der Waals surface area contributed by atoms with Crippen molar-refractivity contribution in [2.45, 2.75) is 143 Å². The van der Waals surface area contributed by atoms with Gasteiger partial charge < -0.3 is 25.8 Å². The van der Waals surface area contributed by atoms with Gasteiger partial charge in [0.2, 0.25) is 12.1 Å². The van der Waals surface area contributed by atoms with Crippen LogP contribution in [0.5, 0.6) is 11.5 Å². The predicted molar refractivity (Wildman–Crippen MR) is 209 cm³/mol. The number of hydrogen-bond donors (Lipinski definition) is 2. The molecule has 9 nitrogen and oxygen atoms in total. The smallest absolute Gasteiger partial charge is 0.388 e. The Morgan fingerprint density at radius 1 is 0.765 bits per heavy atom. The Balaban J connectivity index is 1.40. The maximum Gasteiger partial charge on any atom is 0.704 e. The van der Waals surface area contributed by atoms with Gasteiger partial charge in [-0.15, -0.1) is 0 Å². The zero-order chi connectivity index (χ0) is 36.7. The third-order valence-corrected chi connectivity index (χ3v) is 11.0. The first-order valence-corrected chi connectivity index (χ1v) is 19.5. The molecule has 1 saturated heterocycles. The van der Waals surface area contributed by atoms with Crippen LogP contribution in [-0.2, 0) is 23.7 Å². The highest BCUT2D eigenvalue weighted by atomic mass is 16.7. The van der Waals surface area contributed by atoms with E-state index in [4.69, 9.17) is 25.9 Å². The fourth-order valence-electron chi connectivity index (χ4n) is 8.36. The van der Waals surface area contributed by atoms with Gasteiger partial charge in [0.15, 0.2) is 29.9 Å². The Morgan fingerprint density at radius 3 is 1.63 bits per heavy atom. The summed E-state index contributed by atoms with van der Waals surface area (Å²) in [4.78, 5) is 11.2. The number of nitrogens with zero attached hydrogens (tertiary/aromatic N) is 5. The number of amidine groups is 1. The first kappa shape index (κ1) is 36.9. The topological polar surface area (TPSA) is 104 Å². The van der Waals surface area contributed by atoms with Crippen LogP contribution in [0.25, 0.3) is 0 Å². The Bertz CT molecular complexity index is 1750. The molecule has 2 aromatic rings. The molecule has 3 aliphatic heterocycles. The number of ether oxygens (including phenoxy) is 2. The lowest BCUT2D eigenvalue weighted by Crippen LogP contribution is -2.60. The monoisotopic (exact) mass is 698 g/mol. The average molecular weight is 698 g/mol. The number of fused-ring (bicyclic) bond motifs is 5. The molecule has 0 radical (unpaired) electrons. The Morgan fingerprint density at radius 2 is 1.22 bits per heavy atom. The summed E-state index contributed by atoms with van der Waals surface area (Å²) in [5, 5.41) is 0. The maximum atomic E-state index is 7.41. The van der Waals surface area contributed by atoms with Crippen molar-refractivity contribution in [3.63, 3.8) is 0 Å². The third kappa shape index (κ3) is 7.27. The number of nitrogens with two attached hydrogens (primary N) is 2. The Kier molecular flexibility index (Phi) is 10.3. The quantitative estimate of drug-likeness (QED) is 0.128. The minimum atomic E-state index is -1.08. The molecule has 1 saturated carbocycles. The van der Waals surface area contributed by atoms with Crippen molar-refractivity contribution < 1.29 is 18.6 Å². The maximum absolute atomic E-state index is 7.41. The first-order valence-electron chi connectivity index (χ1n) is 19.5. The van der Waals surface area contributed by atoms with Gasteiger partial charge in [0.25, 0.3) is 0 Å². The molecule has 3 unspecified atom stereocenters. The number of hydrogen-bond acceptors (Lipinski definition) is 4. The lowest BCUT2D eigenvalue weighted by Gasteiger charge is -2.33. The Labute approximate surface area is 306 Å². The summed E-state index contributed by atoms with van der Waals surface area (Å²) < 4.78 is 19.7. The summed E-state index contributed by atoms with van der Waals surface area (Å²) in [6, 6.07) is 8.87. The van der Waals surface area contributed by atoms with Gasteiger partial charge in [-0.05, 0) is 93.4 Å². The van der Waals surface area contributed by atoms with Crippen molar-refractivity contribution in [3.8, 4) is 11.5 Å². The molecule has 1 aliphatic carbocycles. The highest BCUT2D eigenvalue weighted by molar-refractivity contribution is 5.85. The van der Waals surface area contributed by atoms with Crippen LogP contribution in [0.1, 0.15) is 134 Å². The van der Waals surface area contributed by atoms with E-state index in [0.29, 0.717) is 30.4 Å². The molecular weight excluding hydrogens is 635 g/mol. The summed E-state index contributed by atoms with van der Waals surface area (Å²) in [5.74, 6) is 3.13. The van der Waals surface area contributed by atoms with Crippen molar-refractivity contribution >= 4 is 24.2 Å². The summed E-state index contributed by atoms with van der Waals surface area (Å²) in [5.41, 5.74) is 19.1. The normalized spacial score (nSPS) is 22.8. The second-order valence-corrected chi connectivity index (χ2v) is 17.0. The predicted octanol–water partition coefficient (Wildman–Crippen LogP) is 6.46. The Hall–Kier alpha value is -3.88. The van der Waals surface area contributed by atoms with Crippen molar-refractivity contribution in [3.05, 3.63) is 57.6 Å². The van der Waals surface area contributed by atoms with E-state index in [9.17, 15) is 0 Å². The van der Waals surface area contributed by atoms with Crippen LogP contribution < -0.4 is 20.9 Å². The van der Waals surface area contributed by atoms with Gasteiger partial charge in [-0.2, -0.15) is 0 Å². The molecule has 0 aromatic heterocycles. The second kappa shape index (κ2) is 14.3. The molecule has 2 fully saturated rings. The van der Waals surface area contributed by atoms with Crippen LogP contribution in [0, 0.1) is 0 Å². The zero-order valence-corrected chi connectivity index (χ0v) is 32.8. The molecule has 6 rings (SSSR count). The van der Waals surface area contributed by atoms with E-state index >= 15 is 0 Å². The van der Waals surface area contributed by atoms with Crippen LogP contribution in [0.2, 0.25) is 0 Å². The van der Waals surface area contributed by atoms with Gasteiger partial charge >= 0.3 is 6.03 Å². The molecular formula is C42H63N7O2+2. The number of aryl methyl sites for hydroxylation is 2. The highest BCUT2D eigenvalue weighted by Crippen LogP contribution is 2.49. The van der Waals surface area contributed by atoms with E-state index in [1.807, 2.05) is 6.92 Å². The summed E-state index contributed by atoms with van der Waals surface area (Å²) in [7, 11) is 0. The van der Waals surface area contributed by atoms with Gasteiger partial charge in [0.05, 0.1) is 17.0 Å². The van der Waals surface area contributed by atoms with Crippen LogP contribution in [0.3, 0.4) is 0 Å². The fraction of sp³-hybridized carbons (Fsp3) is 0.619. The van der Waals surface area contributed by atoms with E-state index < -0.39 is 6.03 Å². The molecule has 1 spiro atoms. The second-order valence-electron chi connectivity index (χ2n) is 17.0. The van der Waals surface area contributed by atoms with Crippen LogP contribution in [0.15, 0.2) is 34.3 Å². The molecule has 0 amide bonds. The van der Waals surface area contributed by atoms with Crippen molar-refractivity contribution in [2.75, 3.05) is 26.2 Å². The molecule has 4 aliphatic rings. The molecule has 3 heterocycles. The van der Waals surface area contributed by atoms with Gasteiger partial charge in [-0.3, -0.25) is 9.98 Å². The van der Waals surface area contributed by atoms with Gasteiger partial charge in [0, 0.05) is 50.1 Å². The van der Waals surface area contributed by atoms with Crippen molar-refractivity contribution in [1.82, 2.24) is 4.90 Å². The van der Waals surface area contributed by atoms with E-state index in [0.717, 1.165) is 80.8 Å². The highest BCUT2D eigenvalue weighted by Gasteiger charge is 2.76. The molecule has 0 bridgehead atoms. The van der Waals surface area contributed by atoms with Gasteiger partial charge in [0.1, 0.15) is 0 Å². The lowest BCUT2D eigenvalue weighted by molar-refractivity contribution is -0.866. The molecule has 9 heteroatoms. The number of benzene rings is 2. The van der Waals surface area contributed by atoms with E-state index in [-0.39, 0.29) is 10.8 Å².